The van der Waals surface area contributed by atoms with Gasteiger partial charge in [0.2, 0.25) is 5.13 Å². The quantitative estimate of drug-likeness (QED) is 0.850. The van der Waals surface area contributed by atoms with Gasteiger partial charge in [-0.2, -0.15) is 0 Å². The molecule has 1 aliphatic carbocycles. The highest BCUT2D eigenvalue weighted by molar-refractivity contribution is 7.15. The minimum absolute atomic E-state index is 0.206. The number of amides is 1. The fourth-order valence-corrected chi connectivity index (χ4v) is 3.25. The van der Waals surface area contributed by atoms with Crippen LogP contribution in [0.5, 0.6) is 5.75 Å². The fraction of sp³-hybridized carbons (Fsp3) is 0.500. The Hall–Kier alpha value is -1.95. The molecule has 24 heavy (non-hydrogen) atoms. The summed E-state index contributed by atoms with van der Waals surface area (Å²) >= 11 is 1.46. The normalized spacial score (nSPS) is 15.4. The van der Waals surface area contributed by atoms with Gasteiger partial charge in [0.05, 0.1) is 0 Å². The lowest BCUT2D eigenvalue weighted by Crippen LogP contribution is -2.30. The van der Waals surface area contributed by atoms with Crippen molar-refractivity contribution in [2.24, 2.45) is 0 Å². The molecule has 0 bridgehead atoms. The largest absolute Gasteiger partial charge is 0.481 e. The maximum Gasteiger partial charge on any atom is 0.266 e. The van der Waals surface area contributed by atoms with Crippen molar-refractivity contribution < 1.29 is 9.53 Å². The zero-order chi connectivity index (χ0) is 17.3. The molecule has 0 aliphatic heterocycles. The van der Waals surface area contributed by atoms with E-state index in [0.29, 0.717) is 17.0 Å². The lowest BCUT2D eigenvalue weighted by atomic mass is 10.0. The number of hydrogen-bond donors (Lipinski definition) is 1. The van der Waals surface area contributed by atoms with E-state index in [9.17, 15) is 4.79 Å². The third-order valence-corrected chi connectivity index (χ3v) is 5.15. The molecule has 1 atom stereocenters. The predicted molar refractivity (Wildman–Crippen MR) is 95.9 cm³/mol. The maximum atomic E-state index is 12.3. The first-order valence-electron chi connectivity index (χ1n) is 8.35. The molecule has 2 aromatic rings. The minimum Gasteiger partial charge on any atom is -0.481 e. The third-order valence-electron chi connectivity index (χ3n) is 4.15. The number of nitrogens with zero attached hydrogens (tertiary/aromatic N) is 2. The molecule has 0 spiro atoms. The molecule has 128 valence electrons. The molecule has 1 aliphatic rings. The number of rotatable bonds is 6. The number of carbonyl (C=O) groups is 1. The molecule has 5 nitrogen and oxygen atoms in total. The first-order chi connectivity index (χ1) is 11.4. The highest BCUT2D eigenvalue weighted by Crippen LogP contribution is 2.42. The van der Waals surface area contributed by atoms with Gasteiger partial charge < -0.3 is 4.74 Å². The summed E-state index contributed by atoms with van der Waals surface area (Å²) in [5, 5.41) is 12.5. The Bertz CT molecular complexity index is 738. The van der Waals surface area contributed by atoms with E-state index in [4.69, 9.17) is 4.74 Å². The van der Waals surface area contributed by atoms with E-state index < -0.39 is 6.10 Å². The van der Waals surface area contributed by atoms with Crippen LogP contribution < -0.4 is 10.1 Å². The molecule has 0 radical (unpaired) electrons. The lowest BCUT2D eigenvalue weighted by molar-refractivity contribution is -0.122. The second kappa shape index (κ2) is 6.89. The summed E-state index contributed by atoms with van der Waals surface area (Å²) in [5.74, 6) is 1.50. The van der Waals surface area contributed by atoms with Gasteiger partial charge in [0.15, 0.2) is 6.10 Å². The van der Waals surface area contributed by atoms with Crippen LogP contribution in [0, 0.1) is 6.92 Å². The number of aromatic nitrogens is 2. The van der Waals surface area contributed by atoms with Crippen molar-refractivity contribution in [3.05, 3.63) is 34.3 Å². The van der Waals surface area contributed by atoms with Crippen LogP contribution in [0.25, 0.3) is 0 Å². The summed E-state index contributed by atoms with van der Waals surface area (Å²) < 4.78 is 5.88. The van der Waals surface area contributed by atoms with Gasteiger partial charge in [0, 0.05) is 5.92 Å². The summed E-state index contributed by atoms with van der Waals surface area (Å²) in [6, 6.07) is 6.14. The summed E-state index contributed by atoms with van der Waals surface area (Å²) in [4.78, 5) is 12.3. The highest BCUT2D eigenvalue weighted by atomic mass is 32.1. The Labute approximate surface area is 146 Å². The molecule has 6 heteroatoms. The average Bonchev–Trinajstić information content (AvgIpc) is 3.29. The Balaban J connectivity index is 1.63. The van der Waals surface area contributed by atoms with E-state index in [1.165, 1.54) is 29.7 Å². The Morgan fingerprint density at radius 3 is 2.71 bits per heavy atom. The second-order valence-electron chi connectivity index (χ2n) is 6.65. The van der Waals surface area contributed by atoms with E-state index >= 15 is 0 Å². The average molecular weight is 345 g/mol. The van der Waals surface area contributed by atoms with E-state index in [2.05, 4.69) is 35.4 Å². The van der Waals surface area contributed by atoms with Crippen LogP contribution in [0.3, 0.4) is 0 Å². The summed E-state index contributed by atoms with van der Waals surface area (Å²) in [7, 11) is 0. The fourth-order valence-electron chi connectivity index (χ4n) is 2.33. The van der Waals surface area contributed by atoms with Crippen molar-refractivity contribution in [2.45, 2.75) is 58.5 Å². The van der Waals surface area contributed by atoms with E-state index in [1.54, 1.807) is 6.92 Å². The van der Waals surface area contributed by atoms with Crippen LogP contribution >= 0.6 is 11.3 Å². The second-order valence-corrected chi connectivity index (χ2v) is 7.66. The first-order valence-corrected chi connectivity index (χ1v) is 9.17. The smallest absolute Gasteiger partial charge is 0.266 e. The Morgan fingerprint density at radius 1 is 1.29 bits per heavy atom. The van der Waals surface area contributed by atoms with Gasteiger partial charge in [0.25, 0.3) is 5.91 Å². The number of hydrogen-bond acceptors (Lipinski definition) is 5. The van der Waals surface area contributed by atoms with Crippen molar-refractivity contribution in [3.8, 4) is 5.75 Å². The van der Waals surface area contributed by atoms with Gasteiger partial charge in [-0.05, 0) is 49.8 Å². The summed E-state index contributed by atoms with van der Waals surface area (Å²) in [5.41, 5.74) is 2.22. The monoisotopic (exact) mass is 345 g/mol. The first kappa shape index (κ1) is 16.9. The van der Waals surface area contributed by atoms with Crippen LogP contribution in [-0.2, 0) is 4.79 Å². The zero-order valence-corrected chi connectivity index (χ0v) is 15.3. The van der Waals surface area contributed by atoms with Gasteiger partial charge in [-0.1, -0.05) is 37.3 Å². The topological polar surface area (TPSA) is 64.1 Å². The molecule has 1 aromatic carbocycles. The molecule has 1 saturated carbocycles. The van der Waals surface area contributed by atoms with Gasteiger partial charge in [-0.15, -0.1) is 10.2 Å². The zero-order valence-electron chi connectivity index (χ0n) is 14.5. The van der Waals surface area contributed by atoms with E-state index in [0.717, 1.165) is 16.3 Å². The standard InChI is InChI=1S/C18H23N3O2S/c1-10(2)14-6-5-11(3)15(9-14)23-12(4)16(22)19-18-21-20-17(24-18)13-7-8-13/h5-6,9-10,12-13H,7-8H2,1-4H3,(H,19,21,22). The molecule has 3 rings (SSSR count). The van der Waals surface area contributed by atoms with E-state index in [-0.39, 0.29) is 5.91 Å². The van der Waals surface area contributed by atoms with E-state index in [1.807, 2.05) is 19.1 Å². The highest BCUT2D eigenvalue weighted by Gasteiger charge is 2.28. The van der Waals surface area contributed by atoms with Crippen LogP contribution in [0.4, 0.5) is 5.13 Å². The molecule has 1 aromatic heterocycles. The number of anilines is 1. The summed E-state index contributed by atoms with van der Waals surface area (Å²) in [6.45, 7) is 8.01. The van der Waals surface area contributed by atoms with Gasteiger partial charge in [-0.25, -0.2) is 0 Å². The molecule has 1 unspecified atom stereocenters. The minimum atomic E-state index is -0.598. The molecular formula is C18H23N3O2S. The SMILES string of the molecule is Cc1ccc(C(C)C)cc1OC(C)C(=O)Nc1nnc(C2CC2)s1. The van der Waals surface area contributed by atoms with Gasteiger partial charge in [0.1, 0.15) is 10.8 Å². The van der Waals surface area contributed by atoms with Crippen LogP contribution in [0.1, 0.15) is 61.6 Å². The molecule has 1 N–H and O–H groups in total. The number of nitrogens with one attached hydrogen (secondary N) is 1. The number of ether oxygens (including phenoxy) is 1. The maximum absolute atomic E-state index is 12.3. The van der Waals surface area contributed by atoms with Crippen molar-refractivity contribution in [3.63, 3.8) is 0 Å². The molecule has 1 heterocycles. The summed E-state index contributed by atoms with van der Waals surface area (Å²) in [6.07, 6.45) is 1.75. The van der Waals surface area contributed by atoms with Gasteiger partial charge >= 0.3 is 0 Å². The number of carbonyl (C=O) groups excluding carboxylic acids is 1. The molecular weight excluding hydrogens is 322 g/mol. The number of aryl methyl sites for hydroxylation is 1. The van der Waals surface area contributed by atoms with Crippen molar-refractivity contribution in [1.29, 1.82) is 0 Å². The van der Waals surface area contributed by atoms with Crippen LogP contribution in [0.15, 0.2) is 18.2 Å². The third kappa shape index (κ3) is 3.93. The molecule has 1 amide bonds. The van der Waals surface area contributed by atoms with Crippen molar-refractivity contribution in [1.82, 2.24) is 10.2 Å². The number of benzene rings is 1. The molecule has 1 fully saturated rings. The lowest BCUT2D eigenvalue weighted by Gasteiger charge is -2.17. The molecule has 0 saturated heterocycles. The van der Waals surface area contributed by atoms with Gasteiger partial charge in [-0.3, -0.25) is 10.1 Å². The Morgan fingerprint density at radius 2 is 2.04 bits per heavy atom. The van der Waals surface area contributed by atoms with Crippen molar-refractivity contribution >= 4 is 22.4 Å². The van der Waals surface area contributed by atoms with Crippen LogP contribution in [-0.4, -0.2) is 22.2 Å². The Kier molecular flexibility index (Phi) is 4.85. The van der Waals surface area contributed by atoms with Crippen LogP contribution in [0.2, 0.25) is 0 Å². The predicted octanol–water partition coefficient (Wildman–Crippen LogP) is 4.25. The van der Waals surface area contributed by atoms with Crippen molar-refractivity contribution in [2.75, 3.05) is 5.32 Å².